The first-order valence-corrected chi connectivity index (χ1v) is 12.7. The third kappa shape index (κ3) is 3.88. The summed E-state index contributed by atoms with van der Waals surface area (Å²) in [4.78, 5) is 25.1. The average Bonchev–Trinajstić information content (AvgIpc) is 2.70. The van der Waals surface area contributed by atoms with Crippen molar-refractivity contribution in [3.8, 4) is 0 Å². The van der Waals surface area contributed by atoms with Gasteiger partial charge in [-0.05, 0) is 21.8 Å². The zero-order valence-electron chi connectivity index (χ0n) is 15.7. The standard InChI is InChI=1S/C23H25IO2Si/c1-23(2,16-18-10-9-11-19(17-24)22(18)25)27(26,20-12-5-3-6-13-20)21-14-7-4-8-15-21/h3-15,18,26H,16-17H2,1-2H3/t18-/m1/s1. The fourth-order valence-corrected chi connectivity index (χ4v) is 8.38. The van der Waals surface area contributed by atoms with Gasteiger partial charge in [-0.15, -0.1) is 0 Å². The van der Waals surface area contributed by atoms with Crippen molar-refractivity contribution in [2.75, 3.05) is 4.43 Å². The van der Waals surface area contributed by atoms with E-state index in [2.05, 4.69) is 36.4 Å². The summed E-state index contributed by atoms with van der Waals surface area (Å²) >= 11 is 2.24. The summed E-state index contributed by atoms with van der Waals surface area (Å²) in [5.74, 6) is 0.0127. The van der Waals surface area contributed by atoms with E-state index < -0.39 is 13.4 Å². The quantitative estimate of drug-likeness (QED) is 0.379. The number of rotatable bonds is 6. The Kier molecular flexibility index (Phi) is 6.18. The number of hydrogen-bond acceptors (Lipinski definition) is 2. The maximum Gasteiger partial charge on any atom is 0.258 e. The highest BCUT2D eigenvalue weighted by Gasteiger charge is 2.51. The van der Waals surface area contributed by atoms with Gasteiger partial charge in [0.05, 0.1) is 0 Å². The Morgan fingerprint density at radius 2 is 1.52 bits per heavy atom. The van der Waals surface area contributed by atoms with Crippen LogP contribution < -0.4 is 10.4 Å². The lowest BCUT2D eigenvalue weighted by Crippen LogP contribution is -2.65. The topological polar surface area (TPSA) is 37.3 Å². The van der Waals surface area contributed by atoms with Crippen LogP contribution in [0.4, 0.5) is 0 Å². The Hall–Kier alpha value is -1.50. The van der Waals surface area contributed by atoms with Gasteiger partial charge in [0.2, 0.25) is 0 Å². The molecule has 0 saturated heterocycles. The van der Waals surface area contributed by atoms with Crippen LogP contribution in [0.1, 0.15) is 20.3 Å². The van der Waals surface area contributed by atoms with Gasteiger partial charge < -0.3 is 4.80 Å². The minimum atomic E-state index is -3.08. The normalized spacial score (nSPS) is 17.7. The zero-order chi connectivity index (χ0) is 19.5. The highest BCUT2D eigenvalue weighted by Crippen LogP contribution is 2.42. The van der Waals surface area contributed by atoms with Crippen molar-refractivity contribution >= 4 is 47.1 Å². The summed E-state index contributed by atoms with van der Waals surface area (Å²) in [7, 11) is -3.08. The molecule has 4 heteroatoms. The van der Waals surface area contributed by atoms with Gasteiger partial charge in [-0.2, -0.15) is 0 Å². The smallest absolute Gasteiger partial charge is 0.258 e. The zero-order valence-corrected chi connectivity index (χ0v) is 18.9. The monoisotopic (exact) mass is 488 g/mol. The predicted octanol–water partition coefficient (Wildman–Crippen LogP) is 4.03. The molecule has 1 aliphatic carbocycles. The van der Waals surface area contributed by atoms with Crippen LogP contribution >= 0.6 is 22.6 Å². The Labute approximate surface area is 176 Å². The van der Waals surface area contributed by atoms with E-state index in [0.29, 0.717) is 6.42 Å². The summed E-state index contributed by atoms with van der Waals surface area (Å²) < 4.78 is 0.719. The molecular formula is C23H25IO2Si. The molecule has 27 heavy (non-hydrogen) atoms. The van der Waals surface area contributed by atoms with Gasteiger partial charge in [0.1, 0.15) is 0 Å². The molecule has 0 saturated carbocycles. The van der Waals surface area contributed by atoms with E-state index in [-0.39, 0.29) is 11.7 Å². The minimum Gasteiger partial charge on any atom is -0.424 e. The number of carbonyl (C=O) groups is 1. The Bertz CT molecular complexity index is 817. The van der Waals surface area contributed by atoms with Crippen molar-refractivity contribution in [3.05, 3.63) is 84.5 Å². The molecule has 1 N–H and O–H groups in total. The van der Waals surface area contributed by atoms with Crippen LogP contribution in [0.15, 0.2) is 84.5 Å². The van der Waals surface area contributed by atoms with E-state index in [0.717, 1.165) is 20.4 Å². The van der Waals surface area contributed by atoms with Crippen LogP contribution in [0.5, 0.6) is 0 Å². The molecule has 3 rings (SSSR count). The molecule has 2 aromatic carbocycles. The summed E-state index contributed by atoms with van der Waals surface area (Å²) in [6, 6.07) is 20.0. The lowest BCUT2D eigenvalue weighted by atomic mass is 9.86. The fourth-order valence-electron chi connectivity index (χ4n) is 3.99. The van der Waals surface area contributed by atoms with Gasteiger partial charge in [-0.25, -0.2) is 0 Å². The molecule has 1 aliphatic rings. The van der Waals surface area contributed by atoms with Crippen molar-refractivity contribution in [2.24, 2.45) is 5.92 Å². The third-order valence-corrected chi connectivity index (χ3v) is 10.9. The Balaban J connectivity index is 2.03. The van der Waals surface area contributed by atoms with Crippen LogP contribution in [0, 0.1) is 5.92 Å². The number of halogens is 1. The second-order valence-corrected chi connectivity index (χ2v) is 12.4. The molecule has 0 spiro atoms. The summed E-state index contributed by atoms with van der Waals surface area (Å²) in [5, 5.41) is 1.55. The molecule has 0 fully saturated rings. The molecule has 1 atom stereocenters. The van der Waals surface area contributed by atoms with E-state index in [1.54, 1.807) is 0 Å². The molecule has 0 heterocycles. The number of allylic oxidation sites excluding steroid dienone is 4. The molecule has 0 bridgehead atoms. The van der Waals surface area contributed by atoms with Crippen LogP contribution in [0.2, 0.25) is 5.04 Å². The first-order chi connectivity index (χ1) is 12.9. The van der Waals surface area contributed by atoms with Gasteiger partial charge in [-0.1, -0.05) is 115 Å². The van der Waals surface area contributed by atoms with Crippen LogP contribution in [0.3, 0.4) is 0 Å². The maximum atomic E-state index is 12.8. The first kappa shape index (κ1) is 20.2. The van der Waals surface area contributed by atoms with Crippen LogP contribution in [-0.4, -0.2) is 23.3 Å². The highest BCUT2D eigenvalue weighted by atomic mass is 127. The van der Waals surface area contributed by atoms with E-state index >= 15 is 0 Å². The average molecular weight is 488 g/mol. The third-order valence-electron chi connectivity index (χ3n) is 5.53. The number of carbonyl (C=O) groups excluding carboxylic acids is 1. The predicted molar refractivity (Wildman–Crippen MR) is 123 cm³/mol. The van der Waals surface area contributed by atoms with Crippen LogP contribution in [0.25, 0.3) is 0 Å². The van der Waals surface area contributed by atoms with E-state index in [1.165, 1.54) is 0 Å². The minimum absolute atomic E-state index is 0.179. The number of alkyl halides is 1. The molecular weight excluding hydrogens is 463 g/mol. The lowest BCUT2D eigenvalue weighted by Gasteiger charge is -2.42. The van der Waals surface area contributed by atoms with Crippen molar-refractivity contribution in [1.82, 2.24) is 0 Å². The highest BCUT2D eigenvalue weighted by molar-refractivity contribution is 14.1. The molecule has 0 amide bonds. The van der Waals surface area contributed by atoms with Gasteiger partial charge in [0.15, 0.2) is 5.78 Å². The number of hydrogen-bond donors (Lipinski definition) is 1. The summed E-state index contributed by atoms with van der Waals surface area (Å²) in [6.07, 6.45) is 6.52. The Morgan fingerprint density at radius 3 is 2.00 bits per heavy atom. The van der Waals surface area contributed by atoms with Gasteiger partial charge in [0, 0.05) is 15.9 Å². The summed E-state index contributed by atoms with van der Waals surface area (Å²) in [6.45, 7) is 4.23. The van der Waals surface area contributed by atoms with Crippen LogP contribution in [-0.2, 0) is 4.79 Å². The Morgan fingerprint density at radius 1 is 1.00 bits per heavy atom. The number of Topliss-reactive ketones (excluding diaryl/α,β-unsaturated/α-hetero) is 1. The van der Waals surface area contributed by atoms with E-state index in [1.807, 2.05) is 78.9 Å². The van der Waals surface area contributed by atoms with Gasteiger partial charge in [-0.3, -0.25) is 4.79 Å². The second-order valence-electron chi connectivity index (χ2n) is 7.71. The first-order valence-electron chi connectivity index (χ1n) is 9.21. The number of benzene rings is 2. The van der Waals surface area contributed by atoms with Crippen molar-refractivity contribution in [2.45, 2.75) is 25.3 Å². The second kappa shape index (κ2) is 8.25. The molecule has 0 unspecified atom stereocenters. The molecule has 2 aromatic rings. The van der Waals surface area contributed by atoms with E-state index in [9.17, 15) is 9.59 Å². The molecule has 0 aromatic heterocycles. The summed E-state index contributed by atoms with van der Waals surface area (Å²) in [5.41, 5.74) is 0.864. The largest absolute Gasteiger partial charge is 0.424 e. The van der Waals surface area contributed by atoms with Crippen molar-refractivity contribution in [1.29, 1.82) is 0 Å². The van der Waals surface area contributed by atoms with Crippen molar-refractivity contribution in [3.63, 3.8) is 0 Å². The fraction of sp³-hybridized carbons (Fsp3) is 0.261. The maximum absolute atomic E-state index is 12.8. The van der Waals surface area contributed by atoms with Gasteiger partial charge in [0.25, 0.3) is 8.32 Å². The molecule has 0 radical (unpaired) electrons. The molecule has 2 nitrogen and oxygen atoms in total. The molecule has 0 aliphatic heterocycles. The van der Waals surface area contributed by atoms with Gasteiger partial charge >= 0.3 is 0 Å². The number of ketones is 1. The van der Waals surface area contributed by atoms with E-state index in [4.69, 9.17) is 0 Å². The SMILES string of the molecule is CC(C)(C[C@H]1C=CC=C(CI)C1=O)[Si](O)(c1ccccc1)c1ccccc1. The van der Waals surface area contributed by atoms with Crippen molar-refractivity contribution < 1.29 is 9.59 Å². The lowest BCUT2D eigenvalue weighted by molar-refractivity contribution is -0.118. The molecule has 140 valence electrons.